The minimum Gasteiger partial charge on any atom is -0.444 e. The monoisotopic (exact) mass is 300 g/mol. The first-order valence-electron chi connectivity index (χ1n) is 7.74. The van der Waals surface area contributed by atoms with Crippen LogP contribution in [0.2, 0.25) is 0 Å². The number of alkyl carbamates (subject to hydrolysis) is 1. The number of hydrogen-bond donors (Lipinski definition) is 2. The van der Waals surface area contributed by atoms with E-state index in [1.807, 2.05) is 27.7 Å². The molecular formula is C15H32N4O2. The van der Waals surface area contributed by atoms with Crippen LogP contribution in [0, 0.1) is 0 Å². The van der Waals surface area contributed by atoms with Crippen molar-refractivity contribution >= 4 is 6.09 Å². The topological polar surface area (TPSA) is 70.8 Å². The van der Waals surface area contributed by atoms with Gasteiger partial charge in [0.05, 0.1) is 0 Å². The first kappa shape index (κ1) is 18.2. The molecule has 1 aliphatic rings. The fourth-order valence-corrected chi connectivity index (χ4v) is 2.75. The lowest BCUT2D eigenvalue weighted by atomic mass is 10.1. The minimum absolute atomic E-state index is 0.0363. The predicted octanol–water partition coefficient (Wildman–Crippen LogP) is 0.863. The second kappa shape index (κ2) is 7.42. The first-order chi connectivity index (χ1) is 9.64. The Kier molecular flexibility index (Phi) is 6.43. The summed E-state index contributed by atoms with van der Waals surface area (Å²) in [5.41, 5.74) is 5.45. The Morgan fingerprint density at radius 1 is 1.48 bits per heavy atom. The highest BCUT2D eigenvalue weighted by Gasteiger charge is 2.32. The van der Waals surface area contributed by atoms with Gasteiger partial charge in [-0.3, -0.25) is 4.90 Å². The van der Waals surface area contributed by atoms with Gasteiger partial charge < -0.3 is 20.7 Å². The number of carbonyl (C=O) groups is 1. The van der Waals surface area contributed by atoms with Crippen LogP contribution in [0.4, 0.5) is 4.79 Å². The van der Waals surface area contributed by atoms with Crippen LogP contribution < -0.4 is 11.1 Å². The Balaban J connectivity index is 2.54. The minimum atomic E-state index is -0.480. The molecular weight excluding hydrogens is 268 g/mol. The van der Waals surface area contributed by atoms with Crippen molar-refractivity contribution < 1.29 is 9.53 Å². The SMILES string of the molecule is CC(NC(=O)OC(C)(C)C)C(CN)N1CCC(N(C)C)C1. The molecule has 1 aliphatic heterocycles. The Bertz CT molecular complexity index is 341. The van der Waals surface area contributed by atoms with Gasteiger partial charge in [-0.05, 0) is 48.2 Å². The highest BCUT2D eigenvalue weighted by atomic mass is 16.6. The summed E-state index contributed by atoms with van der Waals surface area (Å²) in [4.78, 5) is 16.5. The number of ether oxygens (including phenoxy) is 1. The zero-order valence-corrected chi connectivity index (χ0v) is 14.3. The van der Waals surface area contributed by atoms with Crippen molar-refractivity contribution in [2.75, 3.05) is 33.7 Å². The van der Waals surface area contributed by atoms with Crippen molar-refractivity contribution in [1.29, 1.82) is 0 Å². The van der Waals surface area contributed by atoms with E-state index in [0.717, 1.165) is 19.5 Å². The van der Waals surface area contributed by atoms with Gasteiger partial charge in [-0.2, -0.15) is 0 Å². The summed E-state index contributed by atoms with van der Waals surface area (Å²) in [6.07, 6.45) is 0.764. The number of hydrogen-bond acceptors (Lipinski definition) is 5. The third kappa shape index (κ3) is 5.80. The molecule has 21 heavy (non-hydrogen) atoms. The van der Waals surface area contributed by atoms with Crippen LogP contribution in [-0.2, 0) is 4.74 Å². The Morgan fingerprint density at radius 2 is 2.10 bits per heavy atom. The van der Waals surface area contributed by atoms with Crippen molar-refractivity contribution in [3.63, 3.8) is 0 Å². The van der Waals surface area contributed by atoms with Gasteiger partial charge in [-0.15, -0.1) is 0 Å². The quantitative estimate of drug-likeness (QED) is 0.788. The number of nitrogens with zero attached hydrogens (tertiary/aromatic N) is 2. The second-order valence-electron chi connectivity index (χ2n) is 7.14. The molecule has 0 spiro atoms. The maximum absolute atomic E-state index is 11.9. The van der Waals surface area contributed by atoms with Crippen LogP contribution in [0.1, 0.15) is 34.1 Å². The molecule has 0 bridgehead atoms. The highest BCUT2D eigenvalue weighted by molar-refractivity contribution is 5.68. The van der Waals surface area contributed by atoms with Crippen LogP contribution in [0.15, 0.2) is 0 Å². The standard InChI is InChI=1S/C15H32N4O2/c1-11(17-14(20)21-15(2,3)4)13(9-16)19-8-7-12(10-19)18(5)6/h11-13H,7-10,16H2,1-6H3,(H,17,20). The molecule has 3 atom stereocenters. The number of amides is 1. The van der Waals surface area contributed by atoms with E-state index in [4.69, 9.17) is 10.5 Å². The number of likely N-dealkylation sites (N-methyl/N-ethyl adjacent to an activating group) is 1. The average Bonchev–Trinajstić information content (AvgIpc) is 2.76. The number of likely N-dealkylation sites (tertiary alicyclic amines) is 1. The van der Waals surface area contributed by atoms with Crippen LogP contribution in [0.25, 0.3) is 0 Å². The molecule has 0 radical (unpaired) electrons. The molecule has 0 saturated carbocycles. The normalized spacial score (nSPS) is 23.1. The van der Waals surface area contributed by atoms with Gasteiger partial charge in [0.1, 0.15) is 5.60 Å². The van der Waals surface area contributed by atoms with Gasteiger partial charge in [0.25, 0.3) is 0 Å². The molecule has 3 unspecified atom stereocenters. The lowest BCUT2D eigenvalue weighted by Gasteiger charge is -2.33. The molecule has 6 nitrogen and oxygen atoms in total. The largest absolute Gasteiger partial charge is 0.444 e. The molecule has 1 fully saturated rings. The van der Waals surface area contributed by atoms with Gasteiger partial charge in [0, 0.05) is 37.8 Å². The van der Waals surface area contributed by atoms with E-state index < -0.39 is 5.60 Å². The number of carbonyl (C=O) groups excluding carboxylic acids is 1. The van der Waals surface area contributed by atoms with Crippen LogP contribution >= 0.6 is 0 Å². The smallest absolute Gasteiger partial charge is 0.407 e. The van der Waals surface area contributed by atoms with E-state index in [9.17, 15) is 4.79 Å². The Hall–Kier alpha value is -0.850. The fraction of sp³-hybridized carbons (Fsp3) is 0.933. The Morgan fingerprint density at radius 3 is 2.52 bits per heavy atom. The van der Waals surface area contributed by atoms with Gasteiger partial charge in [0.2, 0.25) is 0 Å². The van der Waals surface area contributed by atoms with Crippen LogP contribution in [-0.4, -0.2) is 73.3 Å². The fourth-order valence-electron chi connectivity index (χ4n) is 2.75. The average molecular weight is 300 g/mol. The molecule has 124 valence electrons. The van der Waals surface area contributed by atoms with Gasteiger partial charge in [-0.25, -0.2) is 4.79 Å². The zero-order chi connectivity index (χ0) is 16.2. The lowest BCUT2D eigenvalue weighted by molar-refractivity contribution is 0.0476. The molecule has 6 heteroatoms. The van der Waals surface area contributed by atoms with E-state index in [0.29, 0.717) is 12.6 Å². The summed E-state index contributed by atoms with van der Waals surface area (Å²) in [6, 6.07) is 0.668. The summed E-state index contributed by atoms with van der Waals surface area (Å²) in [5, 5.41) is 2.91. The number of nitrogens with two attached hydrogens (primary N) is 1. The van der Waals surface area contributed by atoms with Crippen molar-refractivity contribution in [2.24, 2.45) is 5.73 Å². The molecule has 1 heterocycles. The zero-order valence-electron chi connectivity index (χ0n) is 14.3. The summed E-state index contributed by atoms with van der Waals surface area (Å²) in [5.74, 6) is 0. The van der Waals surface area contributed by atoms with Gasteiger partial charge in [0.15, 0.2) is 0 Å². The van der Waals surface area contributed by atoms with Crippen molar-refractivity contribution in [2.45, 2.75) is 57.8 Å². The number of nitrogens with one attached hydrogen (secondary N) is 1. The van der Waals surface area contributed by atoms with E-state index in [1.165, 1.54) is 0 Å². The van der Waals surface area contributed by atoms with E-state index >= 15 is 0 Å². The number of rotatable bonds is 5. The molecule has 1 amide bonds. The molecule has 3 N–H and O–H groups in total. The van der Waals surface area contributed by atoms with Crippen molar-refractivity contribution in [3.05, 3.63) is 0 Å². The maximum atomic E-state index is 11.9. The molecule has 0 aromatic rings. The first-order valence-corrected chi connectivity index (χ1v) is 7.74. The Labute approximate surface area is 129 Å². The second-order valence-corrected chi connectivity index (χ2v) is 7.14. The lowest BCUT2D eigenvalue weighted by Crippen LogP contribution is -2.54. The highest BCUT2D eigenvalue weighted by Crippen LogP contribution is 2.17. The summed E-state index contributed by atoms with van der Waals surface area (Å²) in [6.45, 7) is 10.1. The molecule has 0 aliphatic carbocycles. The van der Waals surface area contributed by atoms with Crippen LogP contribution in [0.3, 0.4) is 0 Å². The third-order valence-electron chi connectivity index (χ3n) is 3.96. The van der Waals surface area contributed by atoms with Gasteiger partial charge >= 0.3 is 6.09 Å². The molecule has 0 aromatic carbocycles. The summed E-state index contributed by atoms with van der Waals surface area (Å²) >= 11 is 0. The van der Waals surface area contributed by atoms with Gasteiger partial charge in [-0.1, -0.05) is 0 Å². The summed E-state index contributed by atoms with van der Waals surface area (Å²) < 4.78 is 5.31. The maximum Gasteiger partial charge on any atom is 0.407 e. The molecule has 0 aromatic heterocycles. The molecule has 1 rings (SSSR count). The van der Waals surface area contributed by atoms with Crippen molar-refractivity contribution in [1.82, 2.24) is 15.1 Å². The third-order valence-corrected chi connectivity index (χ3v) is 3.96. The van der Waals surface area contributed by atoms with E-state index in [1.54, 1.807) is 0 Å². The molecule has 1 saturated heterocycles. The van der Waals surface area contributed by atoms with Crippen LogP contribution in [0.5, 0.6) is 0 Å². The van der Waals surface area contributed by atoms with E-state index in [-0.39, 0.29) is 18.2 Å². The van der Waals surface area contributed by atoms with E-state index in [2.05, 4.69) is 29.2 Å². The summed E-state index contributed by atoms with van der Waals surface area (Å²) in [7, 11) is 4.21. The van der Waals surface area contributed by atoms with Crippen molar-refractivity contribution in [3.8, 4) is 0 Å². The predicted molar refractivity (Wildman–Crippen MR) is 85.3 cm³/mol.